The lowest BCUT2D eigenvalue weighted by atomic mass is 9.78. The molecule has 8 heteroatoms. The maximum Gasteiger partial charge on any atom is 0.259 e. The van der Waals surface area contributed by atoms with E-state index < -0.39 is 0 Å². The number of rotatable bonds is 5. The minimum atomic E-state index is -0.189. The van der Waals surface area contributed by atoms with Crippen molar-refractivity contribution in [2.24, 2.45) is 5.41 Å². The molecule has 1 aliphatic carbocycles. The second kappa shape index (κ2) is 7.17. The summed E-state index contributed by atoms with van der Waals surface area (Å²) in [4.78, 5) is 15.5. The van der Waals surface area contributed by atoms with Crippen LogP contribution in [0.4, 0.5) is 11.4 Å². The molecule has 2 saturated heterocycles. The molecule has 0 radical (unpaired) electrons. The Morgan fingerprint density at radius 1 is 1.12 bits per heavy atom. The SMILES string of the molecule is Cc1nn(-c2ccc(C3CC3)cc2)cc1NC(=O)c1cnn2ccc(N3CC4(COC4)C3)cc12. The Bertz CT molecular complexity index is 1400. The summed E-state index contributed by atoms with van der Waals surface area (Å²) in [6.07, 6.45) is 7.99. The Morgan fingerprint density at radius 3 is 2.62 bits per heavy atom. The number of aromatic nitrogens is 4. The van der Waals surface area contributed by atoms with Crippen LogP contribution in [-0.4, -0.2) is 51.6 Å². The minimum Gasteiger partial charge on any atom is -0.380 e. The van der Waals surface area contributed by atoms with Crippen LogP contribution in [0.1, 0.15) is 40.4 Å². The summed E-state index contributed by atoms with van der Waals surface area (Å²) < 4.78 is 8.95. The molecule has 172 valence electrons. The zero-order valence-corrected chi connectivity index (χ0v) is 19.1. The van der Waals surface area contributed by atoms with Gasteiger partial charge in [-0.15, -0.1) is 0 Å². The molecule has 1 aromatic carbocycles. The number of pyridine rings is 1. The number of aryl methyl sites for hydroxylation is 1. The fourth-order valence-electron chi connectivity index (χ4n) is 5.08. The molecule has 1 N–H and O–H groups in total. The quantitative estimate of drug-likeness (QED) is 0.497. The monoisotopic (exact) mass is 454 g/mol. The summed E-state index contributed by atoms with van der Waals surface area (Å²) in [5.74, 6) is 0.537. The van der Waals surface area contributed by atoms with Gasteiger partial charge in [0, 0.05) is 25.0 Å². The number of amides is 1. The molecular weight excluding hydrogens is 428 g/mol. The number of nitrogens with zero attached hydrogens (tertiary/aromatic N) is 5. The van der Waals surface area contributed by atoms with Gasteiger partial charge in [0.25, 0.3) is 5.91 Å². The molecule has 4 aromatic rings. The molecule has 0 unspecified atom stereocenters. The summed E-state index contributed by atoms with van der Waals surface area (Å²) in [5.41, 5.74) is 6.63. The Balaban J connectivity index is 1.11. The van der Waals surface area contributed by atoms with Gasteiger partial charge in [-0.3, -0.25) is 4.79 Å². The van der Waals surface area contributed by atoms with Crippen LogP contribution in [0.25, 0.3) is 11.2 Å². The fourth-order valence-corrected chi connectivity index (χ4v) is 5.08. The van der Waals surface area contributed by atoms with Gasteiger partial charge in [0.15, 0.2) is 0 Å². The topological polar surface area (TPSA) is 76.7 Å². The molecule has 1 saturated carbocycles. The lowest BCUT2D eigenvalue weighted by molar-refractivity contribution is -0.127. The van der Waals surface area contributed by atoms with Crippen LogP contribution in [-0.2, 0) is 4.74 Å². The summed E-state index contributed by atoms with van der Waals surface area (Å²) in [5, 5.41) is 12.0. The Kier molecular flexibility index (Phi) is 4.17. The van der Waals surface area contributed by atoms with Crippen molar-refractivity contribution in [3.63, 3.8) is 0 Å². The van der Waals surface area contributed by atoms with Gasteiger partial charge in [0.2, 0.25) is 0 Å². The molecular formula is C26H26N6O2. The Hall–Kier alpha value is -3.65. The summed E-state index contributed by atoms with van der Waals surface area (Å²) in [6.45, 7) is 5.61. The first kappa shape index (κ1) is 19.8. The second-order valence-electron chi connectivity index (χ2n) is 10.0. The number of anilines is 2. The van der Waals surface area contributed by atoms with Crippen LogP contribution in [0.15, 0.2) is 55.0 Å². The molecule has 0 atom stereocenters. The Morgan fingerprint density at radius 2 is 1.91 bits per heavy atom. The molecule has 7 rings (SSSR count). The first-order chi connectivity index (χ1) is 16.6. The van der Waals surface area contributed by atoms with Crippen LogP contribution in [0, 0.1) is 12.3 Å². The maximum atomic E-state index is 13.2. The third-order valence-corrected chi connectivity index (χ3v) is 7.34. The molecule has 8 nitrogen and oxygen atoms in total. The standard InChI is InChI=1S/C26H26N6O2/c1-17-23(12-32(29-17)20-6-4-19(5-7-20)18-2-3-18)28-25(33)22-11-27-31-9-8-21(10-24(22)31)30-13-26(14-30)15-34-16-26/h4-12,18H,2-3,13-16H2,1H3,(H,28,33). The van der Waals surface area contributed by atoms with Crippen molar-refractivity contribution in [2.45, 2.75) is 25.7 Å². The van der Waals surface area contributed by atoms with Crippen LogP contribution in [0.2, 0.25) is 0 Å². The predicted octanol–water partition coefficient (Wildman–Crippen LogP) is 3.79. The van der Waals surface area contributed by atoms with Gasteiger partial charge in [0.1, 0.15) is 0 Å². The third-order valence-electron chi connectivity index (χ3n) is 7.34. The van der Waals surface area contributed by atoms with E-state index >= 15 is 0 Å². The van der Waals surface area contributed by atoms with Crippen molar-refractivity contribution < 1.29 is 9.53 Å². The maximum absolute atomic E-state index is 13.2. The van der Waals surface area contributed by atoms with E-state index in [4.69, 9.17) is 4.74 Å². The van der Waals surface area contributed by atoms with Gasteiger partial charge in [-0.1, -0.05) is 12.1 Å². The first-order valence-electron chi connectivity index (χ1n) is 11.9. The zero-order chi connectivity index (χ0) is 22.9. The van der Waals surface area contributed by atoms with E-state index in [0.29, 0.717) is 16.7 Å². The molecule has 2 aliphatic heterocycles. The lowest BCUT2D eigenvalue weighted by Crippen LogP contribution is -2.66. The van der Waals surface area contributed by atoms with E-state index in [1.54, 1.807) is 10.7 Å². The molecule has 3 aliphatic rings. The van der Waals surface area contributed by atoms with Crippen molar-refractivity contribution in [2.75, 3.05) is 36.5 Å². The van der Waals surface area contributed by atoms with Crippen LogP contribution < -0.4 is 10.2 Å². The second-order valence-corrected chi connectivity index (χ2v) is 10.0. The summed E-state index contributed by atoms with van der Waals surface area (Å²) in [7, 11) is 0. The van der Waals surface area contributed by atoms with Crippen molar-refractivity contribution >= 4 is 22.8 Å². The average Bonchev–Trinajstić information content (AvgIpc) is 3.45. The number of hydrogen-bond acceptors (Lipinski definition) is 5. The number of ether oxygens (including phenoxy) is 1. The number of carbonyl (C=O) groups is 1. The van der Waals surface area contributed by atoms with Gasteiger partial charge >= 0.3 is 0 Å². The summed E-state index contributed by atoms with van der Waals surface area (Å²) in [6, 6.07) is 12.6. The molecule has 3 aromatic heterocycles. The largest absolute Gasteiger partial charge is 0.380 e. The van der Waals surface area contributed by atoms with Crippen molar-refractivity contribution in [3.8, 4) is 5.69 Å². The van der Waals surface area contributed by atoms with Gasteiger partial charge in [-0.2, -0.15) is 10.2 Å². The van der Waals surface area contributed by atoms with E-state index in [2.05, 4.69) is 50.7 Å². The van der Waals surface area contributed by atoms with Gasteiger partial charge < -0.3 is 15.0 Å². The number of nitrogens with one attached hydrogen (secondary N) is 1. The van der Waals surface area contributed by atoms with E-state index in [1.165, 1.54) is 18.4 Å². The third kappa shape index (κ3) is 3.20. The number of hydrogen-bond donors (Lipinski definition) is 1. The van der Waals surface area contributed by atoms with E-state index in [1.807, 2.05) is 30.1 Å². The predicted molar refractivity (Wildman–Crippen MR) is 129 cm³/mol. The van der Waals surface area contributed by atoms with Crippen molar-refractivity contribution in [1.29, 1.82) is 0 Å². The van der Waals surface area contributed by atoms with E-state index in [9.17, 15) is 4.79 Å². The molecule has 1 spiro atoms. The van der Waals surface area contributed by atoms with Crippen LogP contribution in [0.3, 0.4) is 0 Å². The highest BCUT2D eigenvalue weighted by molar-refractivity contribution is 6.09. The molecule has 1 amide bonds. The van der Waals surface area contributed by atoms with Gasteiger partial charge in [-0.05, 0) is 55.5 Å². The minimum absolute atomic E-state index is 0.189. The van der Waals surface area contributed by atoms with Crippen molar-refractivity contribution in [3.05, 3.63) is 71.8 Å². The van der Waals surface area contributed by atoms with Gasteiger partial charge in [0.05, 0.1) is 59.2 Å². The van der Waals surface area contributed by atoms with Gasteiger partial charge in [-0.25, -0.2) is 9.20 Å². The average molecular weight is 455 g/mol. The highest BCUT2D eigenvalue weighted by Crippen LogP contribution is 2.41. The molecule has 34 heavy (non-hydrogen) atoms. The van der Waals surface area contributed by atoms with E-state index in [0.717, 1.165) is 54.8 Å². The number of carbonyl (C=O) groups excluding carboxylic acids is 1. The Labute approximate surface area is 197 Å². The molecule has 5 heterocycles. The highest BCUT2D eigenvalue weighted by atomic mass is 16.5. The number of fused-ring (bicyclic) bond motifs is 1. The number of benzene rings is 1. The first-order valence-corrected chi connectivity index (χ1v) is 11.9. The molecule has 3 fully saturated rings. The highest BCUT2D eigenvalue weighted by Gasteiger charge is 2.49. The van der Waals surface area contributed by atoms with E-state index in [-0.39, 0.29) is 5.91 Å². The smallest absolute Gasteiger partial charge is 0.259 e. The van der Waals surface area contributed by atoms with Crippen LogP contribution >= 0.6 is 0 Å². The van der Waals surface area contributed by atoms with Crippen molar-refractivity contribution in [1.82, 2.24) is 19.4 Å². The lowest BCUT2D eigenvalue weighted by Gasteiger charge is -2.56. The fraction of sp³-hybridized carbons (Fsp3) is 0.346. The normalized spacial score (nSPS) is 18.7. The summed E-state index contributed by atoms with van der Waals surface area (Å²) >= 11 is 0. The zero-order valence-electron chi connectivity index (χ0n) is 19.1. The van der Waals surface area contributed by atoms with Crippen LogP contribution in [0.5, 0.6) is 0 Å². The molecule has 0 bridgehead atoms.